The lowest BCUT2D eigenvalue weighted by Gasteiger charge is -2.24. The number of nitrogens with one attached hydrogen (secondary N) is 2. The fourth-order valence-corrected chi connectivity index (χ4v) is 0.951. The van der Waals surface area contributed by atoms with Crippen molar-refractivity contribution in [3.8, 4) is 0 Å². The number of hydrogen-bond acceptors (Lipinski definition) is 3. The lowest BCUT2D eigenvalue weighted by atomic mass is 10.0. The molecule has 0 aliphatic heterocycles. The van der Waals surface area contributed by atoms with Gasteiger partial charge in [0.15, 0.2) is 0 Å². The smallest absolute Gasteiger partial charge is 0.236 e. The predicted molar refractivity (Wildman–Crippen MR) is 64.1 cm³/mol. The average Bonchev–Trinajstić information content (AvgIpc) is 2.16. The summed E-state index contributed by atoms with van der Waals surface area (Å²) >= 11 is 0. The predicted octanol–water partition coefficient (Wildman–Crippen LogP) is -0.0310. The fraction of sp³-hybridized carbons (Fsp3) is 0.818. The summed E-state index contributed by atoms with van der Waals surface area (Å²) in [4.78, 5) is 24.2. The third-order valence-corrected chi connectivity index (χ3v) is 2.42. The van der Waals surface area contributed by atoms with Gasteiger partial charge in [0.05, 0.1) is 13.1 Å². The molecule has 0 aromatic rings. The summed E-state index contributed by atoms with van der Waals surface area (Å²) in [5.74, 6) is -0.124. The summed E-state index contributed by atoms with van der Waals surface area (Å²) < 4.78 is 0. The maximum Gasteiger partial charge on any atom is 0.236 e. The first kappa shape index (κ1) is 14.9. The lowest BCUT2D eigenvalue weighted by molar-refractivity contribution is -0.127. The Morgan fingerprint density at radius 3 is 2.19 bits per heavy atom. The fourth-order valence-electron chi connectivity index (χ4n) is 0.951. The number of nitrogens with zero attached hydrogens (tertiary/aromatic N) is 1. The summed E-state index contributed by atoms with van der Waals surface area (Å²) in [7, 11) is 3.37. The van der Waals surface area contributed by atoms with E-state index < -0.39 is 0 Å². The van der Waals surface area contributed by atoms with Crippen molar-refractivity contribution in [1.29, 1.82) is 0 Å². The Balaban J connectivity index is 3.79. The first-order chi connectivity index (χ1) is 7.28. The van der Waals surface area contributed by atoms with E-state index in [9.17, 15) is 9.59 Å². The third kappa shape index (κ3) is 6.40. The van der Waals surface area contributed by atoms with Crippen molar-refractivity contribution in [3.05, 3.63) is 0 Å². The van der Waals surface area contributed by atoms with Crippen molar-refractivity contribution in [2.75, 3.05) is 27.2 Å². The molecule has 0 unspecified atom stereocenters. The maximum absolute atomic E-state index is 11.5. The van der Waals surface area contributed by atoms with Gasteiger partial charge in [-0.05, 0) is 20.3 Å². The molecule has 2 N–H and O–H groups in total. The highest BCUT2D eigenvalue weighted by Gasteiger charge is 2.17. The maximum atomic E-state index is 11.5. The van der Waals surface area contributed by atoms with Gasteiger partial charge in [-0.3, -0.25) is 14.9 Å². The van der Waals surface area contributed by atoms with Gasteiger partial charge in [0, 0.05) is 19.6 Å². The summed E-state index contributed by atoms with van der Waals surface area (Å²) in [6.07, 6.45) is 0.870. The van der Waals surface area contributed by atoms with Crippen LogP contribution in [0.25, 0.3) is 0 Å². The molecule has 0 spiro atoms. The second-order valence-electron chi connectivity index (χ2n) is 4.68. The summed E-state index contributed by atoms with van der Waals surface area (Å²) in [5, 5.41) is 5.69. The van der Waals surface area contributed by atoms with Crippen LogP contribution in [-0.4, -0.2) is 49.4 Å². The molecule has 0 fully saturated rings. The minimum atomic E-state index is -0.190. The summed E-state index contributed by atoms with van der Waals surface area (Å²) in [6.45, 7) is 6.31. The molecule has 0 aliphatic carbocycles. The number of rotatable bonds is 6. The van der Waals surface area contributed by atoms with Crippen LogP contribution in [-0.2, 0) is 9.59 Å². The molecule has 0 heterocycles. The van der Waals surface area contributed by atoms with Crippen molar-refractivity contribution < 1.29 is 9.59 Å². The van der Waals surface area contributed by atoms with E-state index in [4.69, 9.17) is 0 Å². The molecule has 0 aromatic carbocycles. The van der Waals surface area contributed by atoms with Crippen molar-refractivity contribution in [2.24, 2.45) is 0 Å². The van der Waals surface area contributed by atoms with Gasteiger partial charge >= 0.3 is 0 Å². The Morgan fingerprint density at radius 1 is 1.19 bits per heavy atom. The van der Waals surface area contributed by atoms with Crippen molar-refractivity contribution >= 4 is 11.8 Å². The highest BCUT2D eigenvalue weighted by molar-refractivity contribution is 5.81. The molecule has 0 atom stereocenters. The first-order valence-electron chi connectivity index (χ1n) is 5.50. The van der Waals surface area contributed by atoms with Crippen molar-refractivity contribution in [2.45, 2.75) is 32.7 Å². The number of likely N-dealkylation sites (N-methyl/N-ethyl adjacent to an activating group) is 1. The van der Waals surface area contributed by atoms with Crippen LogP contribution in [0.1, 0.15) is 27.2 Å². The van der Waals surface area contributed by atoms with Gasteiger partial charge < -0.3 is 10.2 Å². The van der Waals surface area contributed by atoms with Gasteiger partial charge in [0.25, 0.3) is 0 Å². The van der Waals surface area contributed by atoms with Crippen LogP contribution < -0.4 is 10.6 Å². The van der Waals surface area contributed by atoms with Crippen LogP contribution in [0.15, 0.2) is 0 Å². The SMILES string of the molecule is CCC(C)(C)NC(=O)CNCC(=O)N(C)C. The first-order valence-corrected chi connectivity index (χ1v) is 5.50. The minimum absolute atomic E-state index is 0.0393. The molecule has 0 aromatic heterocycles. The largest absolute Gasteiger partial charge is 0.350 e. The Morgan fingerprint density at radius 2 is 1.75 bits per heavy atom. The molecule has 94 valence electrons. The molecular formula is C11H23N3O2. The van der Waals surface area contributed by atoms with Gasteiger partial charge in [-0.2, -0.15) is 0 Å². The van der Waals surface area contributed by atoms with Crippen molar-refractivity contribution in [3.63, 3.8) is 0 Å². The molecule has 0 rings (SSSR count). The Hall–Kier alpha value is -1.10. The topological polar surface area (TPSA) is 61.4 Å². The minimum Gasteiger partial charge on any atom is -0.350 e. The average molecular weight is 229 g/mol. The van der Waals surface area contributed by atoms with E-state index in [-0.39, 0.29) is 30.4 Å². The second-order valence-corrected chi connectivity index (χ2v) is 4.68. The van der Waals surface area contributed by atoms with Crippen LogP contribution in [0.3, 0.4) is 0 Å². The summed E-state index contributed by atoms with van der Waals surface area (Å²) in [5.41, 5.74) is -0.190. The van der Waals surface area contributed by atoms with Crippen LogP contribution in [0.5, 0.6) is 0 Å². The van der Waals surface area contributed by atoms with Gasteiger partial charge in [-0.25, -0.2) is 0 Å². The van der Waals surface area contributed by atoms with Crippen LogP contribution in [0, 0.1) is 0 Å². The molecule has 16 heavy (non-hydrogen) atoms. The van der Waals surface area contributed by atoms with Gasteiger partial charge in [-0.1, -0.05) is 6.92 Å². The number of carbonyl (C=O) groups is 2. The van der Waals surface area contributed by atoms with Crippen LogP contribution in [0.2, 0.25) is 0 Å². The molecule has 0 aliphatic rings. The van der Waals surface area contributed by atoms with Gasteiger partial charge in [-0.15, -0.1) is 0 Å². The number of hydrogen-bond donors (Lipinski definition) is 2. The number of carbonyl (C=O) groups excluding carboxylic acids is 2. The molecule has 0 bridgehead atoms. The lowest BCUT2D eigenvalue weighted by Crippen LogP contribution is -2.47. The summed E-state index contributed by atoms with van der Waals surface area (Å²) in [6, 6.07) is 0. The molecule has 5 heteroatoms. The van der Waals surface area contributed by atoms with E-state index >= 15 is 0 Å². The molecule has 5 nitrogen and oxygen atoms in total. The zero-order valence-electron chi connectivity index (χ0n) is 10.9. The molecule has 0 saturated carbocycles. The van der Waals surface area contributed by atoms with E-state index in [1.54, 1.807) is 14.1 Å². The van der Waals surface area contributed by atoms with E-state index in [0.717, 1.165) is 6.42 Å². The monoisotopic (exact) mass is 229 g/mol. The van der Waals surface area contributed by atoms with Crippen molar-refractivity contribution in [1.82, 2.24) is 15.5 Å². The zero-order chi connectivity index (χ0) is 12.8. The van der Waals surface area contributed by atoms with E-state index in [0.29, 0.717) is 0 Å². The second kappa shape index (κ2) is 6.48. The third-order valence-electron chi connectivity index (χ3n) is 2.42. The highest BCUT2D eigenvalue weighted by Crippen LogP contribution is 2.05. The van der Waals surface area contributed by atoms with E-state index in [2.05, 4.69) is 10.6 Å². The molecule has 2 amide bonds. The quantitative estimate of drug-likeness (QED) is 0.672. The van der Waals surface area contributed by atoms with E-state index in [1.165, 1.54) is 4.90 Å². The van der Waals surface area contributed by atoms with Gasteiger partial charge in [0.2, 0.25) is 11.8 Å². The zero-order valence-corrected chi connectivity index (χ0v) is 10.9. The Bertz CT molecular complexity index is 250. The van der Waals surface area contributed by atoms with Crippen LogP contribution in [0.4, 0.5) is 0 Å². The molecular weight excluding hydrogens is 206 g/mol. The highest BCUT2D eigenvalue weighted by atomic mass is 16.2. The molecule has 0 saturated heterocycles. The van der Waals surface area contributed by atoms with E-state index in [1.807, 2.05) is 20.8 Å². The number of amides is 2. The van der Waals surface area contributed by atoms with Gasteiger partial charge in [0.1, 0.15) is 0 Å². The standard InChI is InChI=1S/C11H23N3O2/c1-6-11(2,3)13-9(15)7-12-8-10(16)14(4)5/h12H,6-8H2,1-5H3,(H,13,15). The molecule has 0 radical (unpaired) electrons. The Kier molecular flexibility index (Phi) is 6.03. The van der Waals surface area contributed by atoms with Crippen LogP contribution >= 0.6 is 0 Å². The Labute approximate surface area is 97.6 Å². The normalized spacial score (nSPS) is 11.1.